The standard InChI is InChI=1S/C15H18N4O3/c1-8(20)13(14(17)21)19-15(22)11(16)6-9-7-18-12-5-3-2-4-10(9)12/h2-5,7,11,18,20H,6,16H2,1H3,(H2,17,21)(H,19,22)/b13-8+/t11-/m0/s1. The van der Waals surface area contributed by atoms with Crippen LogP contribution in [0, 0.1) is 0 Å². The zero-order valence-corrected chi connectivity index (χ0v) is 12.1. The van der Waals surface area contributed by atoms with Crippen molar-refractivity contribution in [3.8, 4) is 0 Å². The minimum absolute atomic E-state index is 0.284. The fraction of sp³-hybridized carbons (Fsp3) is 0.200. The average Bonchev–Trinajstić information content (AvgIpc) is 2.87. The maximum absolute atomic E-state index is 12.0. The number of nitrogens with one attached hydrogen (secondary N) is 2. The summed E-state index contributed by atoms with van der Waals surface area (Å²) in [5.41, 5.74) is 12.4. The summed E-state index contributed by atoms with van der Waals surface area (Å²) in [5.74, 6) is -1.87. The minimum atomic E-state index is -0.923. The summed E-state index contributed by atoms with van der Waals surface area (Å²) in [6.45, 7) is 1.26. The Bertz CT molecular complexity index is 744. The van der Waals surface area contributed by atoms with Gasteiger partial charge in [-0.05, 0) is 25.0 Å². The number of hydrogen-bond acceptors (Lipinski definition) is 4. The number of rotatable bonds is 5. The number of amides is 2. The molecule has 2 rings (SSSR count). The molecule has 0 unspecified atom stereocenters. The van der Waals surface area contributed by atoms with Gasteiger partial charge in [-0.3, -0.25) is 9.59 Å². The number of aliphatic hydroxyl groups excluding tert-OH is 1. The highest BCUT2D eigenvalue weighted by atomic mass is 16.3. The van der Waals surface area contributed by atoms with Crippen LogP contribution in [-0.4, -0.2) is 27.9 Å². The highest BCUT2D eigenvalue weighted by Crippen LogP contribution is 2.18. The topological polar surface area (TPSA) is 134 Å². The van der Waals surface area contributed by atoms with Gasteiger partial charge in [0.15, 0.2) is 0 Å². The van der Waals surface area contributed by atoms with Crippen LogP contribution in [0.15, 0.2) is 41.9 Å². The summed E-state index contributed by atoms with van der Waals surface area (Å²) >= 11 is 0. The Morgan fingerprint density at radius 3 is 2.68 bits per heavy atom. The first-order chi connectivity index (χ1) is 10.4. The van der Waals surface area contributed by atoms with E-state index in [-0.39, 0.29) is 17.9 Å². The number of allylic oxidation sites excluding steroid dienone is 1. The van der Waals surface area contributed by atoms with Gasteiger partial charge in [-0.2, -0.15) is 0 Å². The highest BCUT2D eigenvalue weighted by molar-refractivity contribution is 5.98. The molecule has 0 bridgehead atoms. The molecule has 0 aliphatic rings. The molecule has 1 heterocycles. The number of aromatic amines is 1. The Labute approximate surface area is 127 Å². The lowest BCUT2D eigenvalue weighted by atomic mass is 10.0. The number of hydrogen-bond donors (Lipinski definition) is 5. The van der Waals surface area contributed by atoms with Gasteiger partial charge in [-0.1, -0.05) is 18.2 Å². The Hall–Kier alpha value is -2.80. The van der Waals surface area contributed by atoms with Crippen LogP contribution in [0.1, 0.15) is 12.5 Å². The lowest BCUT2D eigenvalue weighted by molar-refractivity contribution is -0.124. The first-order valence-electron chi connectivity index (χ1n) is 6.71. The number of carbonyl (C=O) groups is 2. The van der Waals surface area contributed by atoms with Crippen LogP contribution in [-0.2, 0) is 16.0 Å². The van der Waals surface area contributed by atoms with E-state index in [9.17, 15) is 14.7 Å². The number of para-hydroxylation sites is 1. The zero-order valence-electron chi connectivity index (χ0n) is 12.1. The van der Waals surface area contributed by atoms with Gasteiger partial charge in [0.05, 0.1) is 6.04 Å². The normalized spacial score (nSPS) is 13.5. The molecule has 0 spiro atoms. The van der Waals surface area contributed by atoms with Crippen molar-refractivity contribution < 1.29 is 14.7 Å². The Morgan fingerprint density at radius 2 is 2.05 bits per heavy atom. The maximum atomic E-state index is 12.0. The number of H-pyrrole nitrogens is 1. The molecule has 1 atom stereocenters. The van der Waals surface area contributed by atoms with Crippen LogP contribution in [0.2, 0.25) is 0 Å². The number of primary amides is 1. The lowest BCUT2D eigenvalue weighted by Gasteiger charge is -2.13. The molecule has 0 aliphatic heterocycles. The van der Waals surface area contributed by atoms with Gasteiger partial charge in [-0.25, -0.2) is 0 Å². The summed E-state index contributed by atoms with van der Waals surface area (Å²) in [6.07, 6.45) is 2.08. The molecule has 7 nitrogen and oxygen atoms in total. The third-order valence-corrected chi connectivity index (χ3v) is 3.31. The SMILES string of the molecule is C/C(O)=C(\NC(=O)[C@@H](N)Cc1c[nH]c2ccccc12)C(N)=O. The van der Waals surface area contributed by atoms with Gasteiger partial charge in [-0.15, -0.1) is 0 Å². The molecule has 7 heteroatoms. The largest absolute Gasteiger partial charge is 0.510 e. The van der Waals surface area contributed by atoms with Crippen molar-refractivity contribution >= 4 is 22.7 Å². The van der Waals surface area contributed by atoms with Gasteiger partial charge in [0.25, 0.3) is 5.91 Å². The molecule has 116 valence electrons. The molecule has 0 saturated heterocycles. The van der Waals surface area contributed by atoms with Crippen LogP contribution in [0.3, 0.4) is 0 Å². The highest BCUT2D eigenvalue weighted by Gasteiger charge is 2.20. The monoisotopic (exact) mass is 302 g/mol. The number of nitrogens with two attached hydrogens (primary N) is 2. The van der Waals surface area contributed by atoms with Crippen molar-refractivity contribution in [2.75, 3.05) is 0 Å². The summed E-state index contributed by atoms with van der Waals surface area (Å²) < 4.78 is 0. The fourth-order valence-corrected chi connectivity index (χ4v) is 2.18. The molecule has 0 radical (unpaired) electrons. The molecular formula is C15H18N4O3. The maximum Gasteiger partial charge on any atom is 0.268 e. The molecular weight excluding hydrogens is 284 g/mol. The van der Waals surface area contributed by atoms with Crippen LogP contribution >= 0.6 is 0 Å². The predicted octanol–water partition coefficient (Wildman–Crippen LogP) is 0.429. The number of aromatic nitrogens is 1. The molecule has 0 aliphatic carbocycles. The van der Waals surface area contributed by atoms with Gasteiger partial charge < -0.3 is 26.9 Å². The summed E-state index contributed by atoms with van der Waals surface area (Å²) in [6, 6.07) is 6.77. The molecule has 7 N–H and O–H groups in total. The second kappa shape index (κ2) is 6.31. The summed E-state index contributed by atoms with van der Waals surface area (Å²) in [5, 5.41) is 12.6. The Kier molecular flexibility index (Phi) is 4.47. The number of carbonyl (C=O) groups excluding carboxylic acids is 2. The third-order valence-electron chi connectivity index (χ3n) is 3.31. The second-order valence-corrected chi connectivity index (χ2v) is 4.98. The van der Waals surface area contributed by atoms with Gasteiger partial charge in [0.2, 0.25) is 5.91 Å². The van der Waals surface area contributed by atoms with E-state index in [1.165, 1.54) is 6.92 Å². The zero-order chi connectivity index (χ0) is 16.3. The molecule has 1 aromatic carbocycles. The third kappa shape index (κ3) is 3.26. The minimum Gasteiger partial charge on any atom is -0.510 e. The van der Waals surface area contributed by atoms with E-state index in [1.807, 2.05) is 24.3 Å². The van der Waals surface area contributed by atoms with E-state index in [0.717, 1.165) is 16.5 Å². The first kappa shape index (κ1) is 15.6. The van der Waals surface area contributed by atoms with Crippen molar-refractivity contribution in [2.24, 2.45) is 11.5 Å². The quantitative estimate of drug-likeness (QED) is 0.404. The van der Waals surface area contributed by atoms with E-state index in [4.69, 9.17) is 11.5 Å². The summed E-state index contributed by atoms with van der Waals surface area (Å²) in [4.78, 5) is 26.3. The Balaban J connectivity index is 2.12. The van der Waals surface area contributed by atoms with E-state index in [1.54, 1.807) is 6.20 Å². The molecule has 1 aromatic heterocycles. The van der Waals surface area contributed by atoms with E-state index >= 15 is 0 Å². The van der Waals surface area contributed by atoms with Crippen LogP contribution < -0.4 is 16.8 Å². The molecule has 22 heavy (non-hydrogen) atoms. The average molecular weight is 302 g/mol. The number of fused-ring (bicyclic) bond motifs is 1. The van der Waals surface area contributed by atoms with Crippen molar-refractivity contribution in [2.45, 2.75) is 19.4 Å². The van der Waals surface area contributed by atoms with Gasteiger partial charge >= 0.3 is 0 Å². The lowest BCUT2D eigenvalue weighted by Crippen LogP contribution is -2.44. The molecule has 2 aromatic rings. The van der Waals surface area contributed by atoms with E-state index in [0.29, 0.717) is 0 Å². The van der Waals surface area contributed by atoms with Crippen LogP contribution in [0.5, 0.6) is 0 Å². The Morgan fingerprint density at radius 1 is 1.36 bits per heavy atom. The molecule has 0 saturated carbocycles. The van der Waals surface area contributed by atoms with E-state index < -0.39 is 17.9 Å². The predicted molar refractivity (Wildman–Crippen MR) is 82.6 cm³/mol. The molecule has 0 fully saturated rings. The van der Waals surface area contributed by atoms with Crippen molar-refractivity contribution in [3.05, 3.63) is 47.5 Å². The second-order valence-electron chi connectivity index (χ2n) is 4.98. The summed E-state index contributed by atoms with van der Waals surface area (Å²) in [7, 11) is 0. The number of benzene rings is 1. The van der Waals surface area contributed by atoms with Gasteiger partial charge in [0.1, 0.15) is 11.5 Å². The first-order valence-corrected chi connectivity index (χ1v) is 6.71. The molecule has 2 amide bonds. The van der Waals surface area contributed by atoms with E-state index in [2.05, 4.69) is 10.3 Å². The number of aliphatic hydroxyl groups is 1. The van der Waals surface area contributed by atoms with Crippen LogP contribution in [0.4, 0.5) is 0 Å². The van der Waals surface area contributed by atoms with Crippen molar-refractivity contribution in [1.29, 1.82) is 0 Å². The van der Waals surface area contributed by atoms with Gasteiger partial charge in [0, 0.05) is 17.1 Å². The van der Waals surface area contributed by atoms with Crippen molar-refractivity contribution in [1.82, 2.24) is 10.3 Å². The smallest absolute Gasteiger partial charge is 0.268 e. The van der Waals surface area contributed by atoms with Crippen LogP contribution in [0.25, 0.3) is 10.9 Å². The van der Waals surface area contributed by atoms with Crippen molar-refractivity contribution in [3.63, 3.8) is 0 Å². The fourth-order valence-electron chi connectivity index (χ4n) is 2.18.